The summed E-state index contributed by atoms with van der Waals surface area (Å²) in [6.45, 7) is 7.14. The molecule has 8 nitrogen and oxygen atoms in total. The van der Waals surface area contributed by atoms with E-state index in [9.17, 15) is 9.59 Å². The minimum Gasteiger partial charge on any atom is -0.497 e. The number of carbonyl (C=O) groups is 2. The third-order valence-electron chi connectivity index (χ3n) is 4.42. The highest BCUT2D eigenvalue weighted by Gasteiger charge is 2.21. The number of hydrogen-bond acceptors (Lipinski definition) is 7. The minimum atomic E-state index is -0.302. The van der Waals surface area contributed by atoms with Crippen LogP contribution in [0.1, 0.15) is 34.3 Å². The maximum absolute atomic E-state index is 13.2. The molecular formula is C21H29N3O5S. The van der Waals surface area contributed by atoms with Crippen molar-refractivity contribution in [3.63, 3.8) is 0 Å². The highest BCUT2D eigenvalue weighted by atomic mass is 32.1. The van der Waals surface area contributed by atoms with Crippen molar-refractivity contribution < 1.29 is 23.8 Å². The first-order valence-corrected chi connectivity index (χ1v) is 10.5. The Kier molecular flexibility index (Phi) is 9.07. The van der Waals surface area contributed by atoms with Crippen molar-refractivity contribution in [1.82, 2.24) is 9.88 Å². The van der Waals surface area contributed by atoms with Crippen LogP contribution >= 0.6 is 11.3 Å². The number of ether oxygens (including phenoxy) is 3. The lowest BCUT2D eigenvalue weighted by Crippen LogP contribution is -2.39. The molecule has 30 heavy (non-hydrogen) atoms. The Bertz CT molecular complexity index is 827. The van der Waals surface area contributed by atoms with Crippen LogP contribution in [0.3, 0.4) is 0 Å². The summed E-state index contributed by atoms with van der Waals surface area (Å²) in [5.74, 6) is 0.420. The second-order valence-electron chi connectivity index (χ2n) is 6.59. The largest absolute Gasteiger partial charge is 0.497 e. The normalized spacial score (nSPS) is 10.6. The number of methoxy groups -OCH3 is 2. The van der Waals surface area contributed by atoms with Gasteiger partial charge in [-0.05, 0) is 39.3 Å². The Morgan fingerprint density at radius 1 is 1.13 bits per heavy atom. The lowest BCUT2D eigenvalue weighted by molar-refractivity contribution is -0.116. The molecule has 0 aliphatic rings. The summed E-state index contributed by atoms with van der Waals surface area (Å²) in [5.41, 5.74) is 1.26. The molecule has 0 saturated heterocycles. The monoisotopic (exact) mass is 435 g/mol. The molecule has 1 N–H and O–H groups in total. The van der Waals surface area contributed by atoms with Crippen LogP contribution in [-0.4, -0.2) is 62.2 Å². The fraction of sp³-hybridized carbons (Fsp3) is 0.476. The number of aromatic nitrogens is 1. The number of carbonyl (C=O) groups excluding carboxylic acids is 2. The van der Waals surface area contributed by atoms with Gasteiger partial charge in [0, 0.05) is 36.3 Å². The van der Waals surface area contributed by atoms with Crippen LogP contribution in [0.25, 0.3) is 0 Å². The van der Waals surface area contributed by atoms with Crippen molar-refractivity contribution >= 4 is 28.3 Å². The molecule has 0 aliphatic heterocycles. The second-order valence-corrected chi connectivity index (χ2v) is 7.79. The molecule has 1 aromatic carbocycles. The molecule has 0 fully saturated rings. The molecule has 0 atom stereocenters. The Labute approximate surface area is 181 Å². The van der Waals surface area contributed by atoms with Crippen LogP contribution in [0.5, 0.6) is 11.5 Å². The van der Waals surface area contributed by atoms with Gasteiger partial charge in [-0.2, -0.15) is 0 Å². The Morgan fingerprint density at radius 2 is 1.80 bits per heavy atom. The molecule has 0 radical (unpaired) electrons. The molecule has 0 spiro atoms. The fourth-order valence-electron chi connectivity index (χ4n) is 2.73. The van der Waals surface area contributed by atoms with Crippen molar-refractivity contribution in [3.05, 3.63) is 34.3 Å². The minimum absolute atomic E-state index is 0.0951. The lowest BCUT2D eigenvalue weighted by atomic mass is 10.1. The molecule has 2 rings (SSSR count). The summed E-state index contributed by atoms with van der Waals surface area (Å²) in [4.78, 5) is 32.6. The van der Waals surface area contributed by atoms with E-state index in [0.29, 0.717) is 48.4 Å². The Balaban J connectivity index is 2.16. The van der Waals surface area contributed by atoms with Crippen molar-refractivity contribution in [2.24, 2.45) is 0 Å². The maximum Gasteiger partial charge on any atom is 0.254 e. The van der Waals surface area contributed by atoms with Crippen molar-refractivity contribution in [1.29, 1.82) is 0 Å². The van der Waals surface area contributed by atoms with E-state index in [2.05, 4.69) is 10.3 Å². The van der Waals surface area contributed by atoms with Crippen molar-refractivity contribution in [2.45, 2.75) is 27.2 Å². The summed E-state index contributed by atoms with van der Waals surface area (Å²) >= 11 is 1.41. The predicted molar refractivity (Wildman–Crippen MR) is 117 cm³/mol. The standard InChI is InChI=1S/C21H29N3O5S/c1-6-29-9-7-8-24(13-19(25)23-21-22-14(2)15(3)30-21)20(26)16-10-17(27-4)12-18(11-16)28-5/h10-12H,6-9,13H2,1-5H3,(H,22,23,25). The van der Waals surface area contributed by atoms with Crippen molar-refractivity contribution in [2.75, 3.05) is 45.8 Å². The average Bonchev–Trinajstić information content (AvgIpc) is 3.05. The Morgan fingerprint density at radius 3 is 2.33 bits per heavy atom. The van der Waals surface area contributed by atoms with Crippen LogP contribution in [0.2, 0.25) is 0 Å². The second kappa shape index (κ2) is 11.5. The van der Waals surface area contributed by atoms with Gasteiger partial charge in [0.2, 0.25) is 5.91 Å². The van der Waals surface area contributed by atoms with Gasteiger partial charge in [-0.3, -0.25) is 9.59 Å². The van der Waals surface area contributed by atoms with E-state index in [1.54, 1.807) is 18.2 Å². The molecule has 0 unspecified atom stereocenters. The molecule has 0 aliphatic carbocycles. The maximum atomic E-state index is 13.2. The van der Waals surface area contributed by atoms with Crippen LogP contribution in [-0.2, 0) is 9.53 Å². The molecule has 164 valence electrons. The average molecular weight is 436 g/mol. The van der Waals surface area contributed by atoms with Crippen molar-refractivity contribution in [3.8, 4) is 11.5 Å². The third kappa shape index (κ3) is 6.70. The van der Waals surface area contributed by atoms with E-state index < -0.39 is 0 Å². The summed E-state index contributed by atoms with van der Waals surface area (Å²) in [6, 6.07) is 4.95. The van der Waals surface area contributed by atoms with Gasteiger partial charge in [0.1, 0.15) is 18.0 Å². The number of hydrogen-bond donors (Lipinski definition) is 1. The van der Waals surface area contributed by atoms with Gasteiger partial charge < -0.3 is 24.4 Å². The zero-order valence-corrected chi connectivity index (χ0v) is 18.9. The number of amides is 2. The smallest absolute Gasteiger partial charge is 0.254 e. The van der Waals surface area contributed by atoms with Gasteiger partial charge in [-0.15, -0.1) is 11.3 Å². The number of benzene rings is 1. The number of anilines is 1. The van der Waals surface area contributed by atoms with Crippen LogP contribution in [0.15, 0.2) is 18.2 Å². The Hall–Kier alpha value is -2.65. The van der Waals surface area contributed by atoms with Gasteiger partial charge in [-0.1, -0.05) is 0 Å². The number of rotatable bonds is 11. The zero-order valence-electron chi connectivity index (χ0n) is 18.1. The fourth-order valence-corrected chi connectivity index (χ4v) is 3.56. The third-order valence-corrected chi connectivity index (χ3v) is 5.40. The lowest BCUT2D eigenvalue weighted by Gasteiger charge is -2.22. The van der Waals surface area contributed by atoms with Gasteiger partial charge in [-0.25, -0.2) is 4.98 Å². The number of aryl methyl sites for hydroxylation is 2. The molecule has 2 amide bonds. The number of nitrogens with one attached hydrogen (secondary N) is 1. The highest BCUT2D eigenvalue weighted by molar-refractivity contribution is 7.15. The van der Waals surface area contributed by atoms with E-state index in [1.165, 1.54) is 30.5 Å². The quantitative estimate of drug-likeness (QED) is 0.545. The van der Waals surface area contributed by atoms with Gasteiger partial charge in [0.15, 0.2) is 5.13 Å². The van der Waals surface area contributed by atoms with E-state index in [0.717, 1.165) is 10.6 Å². The molecule has 2 aromatic rings. The summed E-state index contributed by atoms with van der Waals surface area (Å²) < 4.78 is 15.9. The molecular weight excluding hydrogens is 406 g/mol. The van der Waals surface area contributed by atoms with Crippen LogP contribution in [0.4, 0.5) is 5.13 Å². The molecule has 1 heterocycles. The van der Waals surface area contributed by atoms with E-state index in [4.69, 9.17) is 14.2 Å². The van der Waals surface area contributed by atoms with Gasteiger partial charge >= 0.3 is 0 Å². The van der Waals surface area contributed by atoms with Gasteiger partial charge in [0.05, 0.1) is 19.9 Å². The first kappa shape index (κ1) is 23.6. The molecule has 0 bridgehead atoms. The number of nitrogens with zero attached hydrogens (tertiary/aromatic N) is 2. The predicted octanol–water partition coefficient (Wildman–Crippen LogP) is 3.28. The van der Waals surface area contributed by atoms with Crippen LogP contribution < -0.4 is 14.8 Å². The first-order chi connectivity index (χ1) is 14.4. The van der Waals surface area contributed by atoms with Crippen LogP contribution in [0, 0.1) is 13.8 Å². The first-order valence-electron chi connectivity index (χ1n) is 9.71. The highest BCUT2D eigenvalue weighted by Crippen LogP contribution is 2.24. The SMILES string of the molecule is CCOCCCN(CC(=O)Nc1nc(C)c(C)s1)C(=O)c1cc(OC)cc(OC)c1. The summed E-state index contributed by atoms with van der Waals surface area (Å²) in [7, 11) is 3.04. The summed E-state index contributed by atoms with van der Waals surface area (Å²) in [6.07, 6.45) is 0.615. The number of thiazole rings is 1. The molecule has 0 saturated carbocycles. The molecule has 1 aromatic heterocycles. The van der Waals surface area contributed by atoms with E-state index in [1.807, 2.05) is 20.8 Å². The topological polar surface area (TPSA) is 90.0 Å². The molecule has 9 heteroatoms. The zero-order chi connectivity index (χ0) is 22.1. The summed E-state index contributed by atoms with van der Waals surface area (Å²) in [5, 5.41) is 3.31. The van der Waals surface area contributed by atoms with Gasteiger partial charge in [0.25, 0.3) is 5.91 Å². The van der Waals surface area contributed by atoms with E-state index >= 15 is 0 Å². The van der Waals surface area contributed by atoms with E-state index in [-0.39, 0.29) is 18.4 Å².